The molecule has 26 heavy (non-hydrogen) atoms. The molecule has 5 aliphatic rings. The summed E-state index contributed by atoms with van der Waals surface area (Å²) >= 11 is 0. The molecule has 1 aliphatic heterocycles. The number of hydrogen-bond donors (Lipinski definition) is 1. The summed E-state index contributed by atoms with van der Waals surface area (Å²) in [6.07, 6.45) is 5.03. The minimum atomic E-state index is -0.461. The predicted octanol–water partition coefficient (Wildman–Crippen LogP) is 3.56. The molecule has 1 aromatic rings. The van der Waals surface area contributed by atoms with Crippen molar-refractivity contribution in [2.75, 3.05) is 13.1 Å². The highest BCUT2D eigenvalue weighted by atomic mass is 19.1. The molecule has 1 heterocycles. The summed E-state index contributed by atoms with van der Waals surface area (Å²) in [5, 5.41) is 10.8. The number of halogens is 1. The molecule has 3 atom stereocenters. The lowest BCUT2D eigenvalue weighted by Gasteiger charge is -2.59. The van der Waals surface area contributed by atoms with Gasteiger partial charge in [-0.05, 0) is 74.5 Å². The highest BCUT2D eigenvalue weighted by Gasteiger charge is 2.57. The number of amides is 2. The Morgan fingerprint density at radius 1 is 1.12 bits per heavy atom. The minimum Gasteiger partial charge on any atom is -0.390 e. The molecule has 140 valence electrons. The molecule has 4 bridgehead atoms. The molecule has 1 saturated heterocycles. The largest absolute Gasteiger partial charge is 0.390 e. The first-order chi connectivity index (χ1) is 12.4. The Hall–Kier alpha value is -1.62. The van der Waals surface area contributed by atoms with Crippen molar-refractivity contribution in [2.45, 2.75) is 56.7 Å². The van der Waals surface area contributed by atoms with Gasteiger partial charge in [-0.1, -0.05) is 12.1 Å². The fraction of sp³-hybridized carbons (Fsp3) is 0.667. The Balaban J connectivity index is 1.34. The molecule has 0 aromatic heterocycles. The van der Waals surface area contributed by atoms with Crippen LogP contribution in [0.15, 0.2) is 24.3 Å². The van der Waals surface area contributed by atoms with Gasteiger partial charge in [0, 0.05) is 19.1 Å². The van der Waals surface area contributed by atoms with Crippen molar-refractivity contribution < 1.29 is 14.3 Å². The quantitative estimate of drug-likeness (QED) is 0.898. The number of nitrogens with zero attached hydrogens (tertiary/aromatic N) is 2. The Kier molecular flexibility index (Phi) is 3.62. The van der Waals surface area contributed by atoms with E-state index in [1.165, 1.54) is 25.0 Å². The average molecular weight is 358 g/mol. The molecule has 4 aliphatic carbocycles. The fourth-order valence-electron chi connectivity index (χ4n) is 6.59. The monoisotopic (exact) mass is 358 g/mol. The zero-order valence-corrected chi connectivity index (χ0v) is 15.3. The van der Waals surface area contributed by atoms with E-state index >= 15 is 0 Å². The Morgan fingerprint density at radius 3 is 2.38 bits per heavy atom. The second-order valence-electron chi connectivity index (χ2n) is 9.08. The highest BCUT2D eigenvalue weighted by molar-refractivity contribution is 5.77. The van der Waals surface area contributed by atoms with Crippen molar-refractivity contribution in [1.29, 1.82) is 0 Å². The number of rotatable bonds is 3. The van der Waals surface area contributed by atoms with E-state index in [4.69, 9.17) is 0 Å². The SMILES string of the molecule is C[C@@H](c1ccc(F)cc1)N1CCN(C2C3CC4CC2CC(O)(C4)C3)C1=O. The molecule has 4 nitrogen and oxygen atoms in total. The lowest BCUT2D eigenvalue weighted by molar-refractivity contribution is -0.152. The minimum absolute atomic E-state index is 0.0471. The first-order valence-electron chi connectivity index (χ1n) is 9.99. The molecule has 0 radical (unpaired) electrons. The molecule has 2 unspecified atom stereocenters. The van der Waals surface area contributed by atoms with Gasteiger partial charge in [0.05, 0.1) is 11.6 Å². The van der Waals surface area contributed by atoms with Crippen LogP contribution in [0.3, 0.4) is 0 Å². The molecule has 2 amide bonds. The van der Waals surface area contributed by atoms with Crippen molar-refractivity contribution in [3.05, 3.63) is 35.6 Å². The van der Waals surface area contributed by atoms with E-state index in [0.29, 0.717) is 23.8 Å². The van der Waals surface area contributed by atoms with Crippen LogP contribution in [0.5, 0.6) is 0 Å². The van der Waals surface area contributed by atoms with Crippen molar-refractivity contribution in [2.24, 2.45) is 17.8 Å². The van der Waals surface area contributed by atoms with Gasteiger partial charge in [-0.2, -0.15) is 0 Å². The van der Waals surface area contributed by atoms with E-state index in [1.54, 1.807) is 12.1 Å². The van der Waals surface area contributed by atoms with Crippen LogP contribution >= 0.6 is 0 Å². The summed E-state index contributed by atoms with van der Waals surface area (Å²) in [6.45, 7) is 3.51. The van der Waals surface area contributed by atoms with Crippen LogP contribution in [0, 0.1) is 23.6 Å². The Labute approximate surface area is 154 Å². The normalized spacial score (nSPS) is 39.7. The summed E-state index contributed by atoms with van der Waals surface area (Å²) in [7, 11) is 0. The molecule has 1 N–H and O–H groups in total. The van der Waals surface area contributed by atoms with Gasteiger partial charge in [0.1, 0.15) is 5.82 Å². The van der Waals surface area contributed by atoms with Gasteiger partial charge >= 0.3 is 6.03 Å². The third-order valence-electron chi connectivity index (χ3n) is 7.44. The molecule has 5 fully saturated rings. The van der Waals surface area contributed by atoms with Crippen LogP contribution in [0.25, 0.3) is 0 Å². The molecular formula is C21H27FN2O2. The van der Waals surface area contributed by atoms with Crippen LogP contribution in [-0.2, 0) is 0 Å². The van der Waals surface area contributed by atoms with E-state index in [9.17, 15) is 14.3 Å². The summed E-state index contributed by atoms with van der Waals surface area (Å²) in [5.74, 6) is 1.31. The van der Waals surface area contributed by atoms with Gasteiger partial charge in [0.25, 0.3) is 0 Å². The third kappa shape index (κ3) is 2.47. The zero-order valence-electron chi connectivity index (χ0n) is 15.3. The van der Waals surface area contributed by atoms with Crippen LogP contribution in [-0.4, -0.2) is 45.7 Å². The lowest BCUT2D eigenvalue weighted by Crippen LogP contribution is -2.62. The Bertz CT molecular complexity index is 705. The molecule has 1 aromatic carbocycles. The van der Waals surface area contributed by atoms with E-state index < -0.39 is 5.60 Å². The highest BCUT2D eigenvalue weighted by Crippen LogP contribution is 2.57. The number of carbonyl (C=O) groups excluding carboxylic acids is 1. The molecular weight excluding hydrogens is 331 g/mol. The van der Waals surface area contributed by atoms with Crippen molar-refractivity contribution in [3.8, 4) is 0 Å². The van der Waals surface area contributed by atoms with E-state index in [0.717, 1.165) is 37.9 Å². The van der Waals surface area contributed by atoms with Gasteiger partial charge in [-0.25, -0.2) is 9.18 Å². The number of urea groups is 1. The third-order valence-corrected chi connectivity index (χ3v) is 7.44. The second kappa shape index (κ2) is 5.69. The summed E-state index contributed by atoms with van der Waals surface area (Å²) in [4.78, 5) is 17.2. The Morgan fingerprint density at radius 2 is 1.77 bits per heavy atom. The topological polar surface area (TPSA) is 43.8 Å². The predicted molar refractivity (Wildman–Crippen MR) is 95.9 cm³/mol. The summed E-state index contributed by atoms with van der Waals surface area (Å²) in [6, 6.07) is 6.83. The first-order valence-corrected chi connectivity index (χ1v) is 9.99. The van der Waals surface area contributed by atoms with Crippen molar-refractivity contribution in [1.82, 2.24) is 9.80 Å². The van der Waals surface area contributed by atoms with Gasteiger partial charge in [-0.3, -0.25) is 0 Å². The summed E-state index contributed by atoms with van der Waals surface area (Å²) < 4.78 is 13.2. The molecule has 6 rings (SSSR count). The van der Waals surface area contributed by atoms with Crippen molar-refractivity contribution >= 4 is 6.03 Å². The van der Waals surface area contributed by atoms with Crippen molar-refractivity contribution in [3.63, 3.8) is 0 Å². The van der Waals surface area contributed by atoms with Crippen LogP contribution in [0.2, 0.25) is 0 Å². The van der Waals surface area contributed by atoms with E-state index in [1.807, 2.05) is 11.8 Å². The van der Waals surface area contributed by atoms with Gasteiger partial charge in [0.2, 0.25) is 0 Å². The standard InChI is InChI=1S/C21H27FN2O2/c1-13(15-2-4-18(22)5-3-15)23-6-7-24(20(23)25)19-16-8-14-9-17(19)12-21(26,10-14)11-16/h2-5,13-14,16-17,19,26H,6-12H2,1H3/t13-,14?,16?,17?,19?,21?/m0/s1. The number of carbonyl (C=O) groups is 1. The van der Waals surface area contributed by atoms with Crippen LogP contribution in [0.1, 0.15) is 50.6 Å². The fourth-order valence-corrected chi connectivity index (χ4v) is 6.59. The van der Waals surface area contributed by atoms with E-state index in [-0.39, 0.29) is 17.9 Å². The number of benzene rings is 1. The molecule has 5 heteroatoms. The van der Waals surface area contributed by atoms with Gasteiger partial charge in [-0.15, -0.1) is 0 Å². The summed E-state index contributed by atoms with van der Waals surface area (Å²) in [5.41, 5.74) is 0.512. The maximum Gasteiger partial charge on any atom is 0.320 e. The zero-order chi connectivity index (χ0) is 18.1. The first kappa shape index (κ1) is 16.5. The van der Waals surface area contributed by atoms with Crippen LogP contribution in [0.4, 0.5) is 9.18 Å². The van der Waals surface area contributed by atoms with Crippen LogP contribution < -0.4 is 0 Å². The number of aliphatic hydroxyl groups is 1. The molecule has 4 saturated carbocycles. The van der Waals surface area contributed by atoms with E-state index in [2.05, 4.69) is 4.90 Å². The van der Waals surface area contributed by atoms with Gasteiger partial charge < -0.3 is 14.9 Å². The average Bonchev–Trinajstić information content (AvgIpc) is 2.95. The lowest BCUT2D eigenvalue weighted by atomic mass is 9.52. The number of hydrogen-bond acceptors (Lipinski definition) is 2. The maximum atomic E-state index is 13.2. The maximum absolute atomic E-state index is 13.2. The second-order valence-corrected chi connectivity index (χ2v) is 9.08. The van der Waals surface area contributed by atoms with Gasteiger partial charge in [0.15, 0.2) is 0 Å². The molecule has 0 spiro atoms. The smallest absolute Gasteiger partial charge is 0.320 e.